The van der Waals surface area contributed by atoms with E-state index in [1.807, 2.05) is 25.2 Å². The molecule has 0 bridgehead atoms. The molecule has 0 spiro atoms. The first-order valence-electron chi connectivity index (χ1n) is 10.8. The SMILES string of the molecule is CN1CCN(S(=O)(=O)c2cccc(NC(=O)C3(c4cccc(Cl)c4)CCOCC3)c2)CC1. The van der Waals surface area contributed by atoms with Crippen molar-refractivity contribution in [2.75, 3.05) is 51.8 Å². The highest BCUT2D eigenvalue weighted by Crippen LogP contribution is 2.37. The Bertz CT molecular complexity index is 1080. The van der Waals surface area contributed by atoms with Crippen molar-refractivity contribution in [2.24, 2.45) is 0 Å². The zero-order chi connectivity index (χ0) is 22.8. The van der Waals surface area contributed by atoms with Crippen LogP contribution < -0.4 is 5.32 Å². The fourth-order valence-corrected chi connectivity index (χ4v) is 5.97. The lowest BCUT2D eigenvalue weighted by Gasteiger charge is -2.36. The average Bonchev–Trinajstić information content (AvgIpc) is 2.80. The summed E-state index contributed by atoms with van der Waals surface area (Å²) in [6, 6.07) is 13.8. The number of hydrogen-bond acceptors (Lipinski definition) is 5. The van der Waals surface area contributed by atoms with Gasteiger partial charge in [0.15, 0.2) is 0 Å². The number of piperazine rings is 1. The van der Waals surface area contributed by atoms with Gasteiger partial charge in [0.05, 0.1) is 10.3 Å². The average molecular weight is 478 g/mol. The third-order valence-electron chi connectivity index (χ3n) is 6.35. The Balaban J connectivity index is 1.59. The molecule has 0 aromatic heterocycles. The summed E-state index contributed by atoms with van der Waals surface area (Å²) in [5.74, 6) is -0.183. The van der Waals surface area contributed by atoms with Crippen LogP contribution >= 0.6 is 11.6 Å². The van der Waals surface area contributed by atoms with Gasteiger partial charge in [-0.3, -0.25) is 4.79 Å². The largest absolute Gasteiger partial charge is 0.381 e. The van der Waals surface area contributed by atoms with Crippen molar-refractivity contribution in [2.45, 2.75) is 23.2 Å². The Kier molecular flexibility index (Phi) is 6.88. The Morgan fingerprint density at radius 3 is 2.41 bits per heavy atom. The minimum atomic E-state index is -3.62. The highest BCUT2D eigenvalue weighted by molar-refractivity contribution is 7.89. The van der Waals surface area contributed by atoms with E-state index in [-0.39, 0.29) is 10.8 Å². The van der Waals surface area contributed by atoms with Crippen molar-refractivity contribution in [1.82, 2.24) is 9.21 Å². The van der Waals surface area contributed by atoms with E-state index in [2.05, 4.69) is 10.2 Å². The van der Waals surface area contributed by atoms with Crippen molar-refractivity contribution in [3.05, 3.63) is 59.1 Å². The lowest BCUT2D eigenvalue weighted by Crippen LogP contribution is -2.47. The third kappa shape index (κ3) is 4.70. The van der Waals surface area contributed by atoms with Gasteiger partial charge in [-0.25, -0.2) is 8.42 Å². The minimum Gasteiger partial charge on any atom is -0.381 e. The summed E-state index contributed by atoms with van der Waals surface area (Å²) in [6.45, 7) is 3.23. The lowest BCUT2D eigenvalue weighted by molar-refractivity contribution is -0.125. The van der Waals surface area contributed by atoms with Gasteiger partial charge in [0.25, 0.3) is 0 Å². The molecule has 1 amide bonds. The van der Waals surface area contributed by atoms with Crippen LogP contribution in [0.2, 0.25) is 5.02 Å². The maximum absolute atomic E-state index is 13.5. The van der Waals surface area contributed by atoms with Crippen LogP contribution in [0, 0.1) is 0 Å². The molecule has 2 aromatic rings. The molecule has 0 saturated carbocycles. The first-order valence-corrected chi connectivity index (χ1v) is 12.6. The zero-order valence-electron chi connectivity index (χ0n) is 18.1. The quantitative estimate of drug-likeness (QED) is 0.716. The van der Waals surface area contributed by atoms with Gasteiger partial charge in [0.1, 0.15) is 0 Å². The first-order chi connectivity index (χ1) is 15.3. The molecule has 7 nitrogen and oxygen atoms in total. The lowest BCUT2D eigenvalue weighted by atomic mass is 9.73. The molecule has 2 aromatic carbocycles. The second-order valence-electron chi connectivity index (χ2n) is 8.39. The number of benzene rings is 2. The fraction of sp³-hybridized carbons (Fsp3) is 0.435. The number of carbonyl (C=O) groups is 1. The molecular formula is C23H28ClN3O4S. The Hall–Kier alpha value is -1.97. The van der Waals surface area contributed by atoms with Crippen LogP contribution in [-0.4, -0.2) is 70.0 Å². The molecule has 2 heterocycles. The van der Waals surface area contributed by atoms with Gasteiger partial charge < -0.3 is 15.0 Å². The van der Waals surface area contributed by atoms with Gasteiger partial charge in [0, 0.05) is 50.1 Å². The van der Waals surface area contributed by atoms with E-state index in [0.29, 0.717) is 62.9 Å². The van der Waals surface area contributed by atoms with Gasteiger partial charge in [-0.15, -0.1) is 0 Å². The predicted molar refractivity (Wildman–Crippen MR) is 125 cm³/mol. The Morgan fingerprint density at radius 2 is 1.72 bits per heavy atom. The predicted octanol–water partition coefficient (Wildman–Crippen LogP) is 2.96. The van der Waals surface area contributed by atoms with Crippen LogP contribution in [0.5, 0.6) is 0 Å². The van der Waals surface area contributed by atoms with Crippen LogP contribution in [-0.2, 0) is 25.0 Å². The molecule has 0 atom stereocenters. The third-order valence-corrected chi connectivity index (χ3v) is 8.48. The van der Waals surface area contributed by atoms with Gasteiger partial charge in [-0.05, 0) is 55.8 Å². The number of anilines is 1. The summed E-state index contributed by atoms with van der Waals surface area (Å²) < 4.78 is 33.3. The minimum absolute atomic E-state index is 0.183. The number of hydrogen-bond donors (Lipinski definition) is 1. The number of halogens is 1. The van der Waals surface area contributed by atoms with Crippen LogP contribution in [0.1, 0.15) is 18.4 Å². The number of ether oxygens (including phenoxy) is 1. The van der Waals surface area contributed by atoms with E-state index in [1.54, 1.807) is 24.3 Å². The van der Waals surface area contributed by atoms with Crippen molar-refractivity contribution in [3.8, 4) is 0 Å². The number of amides is 1. The van der Waals surface area contributed by atoms with Crippen molar-refractivity contribution in [1.29, 1.82) is 0 Å². The van der Waals surface area contributed by atoms with Crippen LogP contribution in [0.3, 0.4) is 0 Å². The molecule has 0 radical (unpaired) electrons. The molecule has 2 fully saturated rings. The number of likely N-dealkylation sites (N-methyl/N-ethyl adjacent to an activating group) is 1. The summed E-state index contributed by atoms with van der Waals surface area (Å²) in [5.41, 5.74) is 0.514. The number of sulfonamides is 1. The molecule has 2 aliphatic heterocycles. The topological polar surface area (TPSA) is 79.0 Å². The van der Waals surface area contributed by atoms with Crippen LogP contribution in [0.25, 0.3) is 0 Å². The first kappa shape index (κ1) is 23.2. The van der Waals surface area contributed by atoms with Gasteiger partial charge >= 0.3 is 0 Å². The summed E-state index contributed by atoms with van der Waals surface area (Å²) in [5, 5.41) is 3.53. The van der Waals surface area contributed by atoms with Gasteiger partial charge in [-0.1, -0.05) is 29.8 Å². The summed E-state index contributed by atoms with van der Waals surface area (Å²) >= 11 is 6.21. The van der Waals surface area contributed by atoms with E-state index in [1.165, 1.54) is 10.4 Å². The molecule has 4 rings (SSSR count). The second kappa shape index (κ2) is 9.49. The van der Waals surface area contributed by atoms with Gasteiger partial charge in [0.2, 0.25) is 15.9 Å². The Labute approximate surface area is 194 Å². The summed E-state index contributed by atoms with van der Waals surface area (Å²) in [7, 11) is -1.65. The molecular weight excluding hydrogens is 450 g/mol. The number of carbonyl (C=O) groups excluding carboxylic acids is 1. The van der Waals surface area contributed by atoms with E-state index in [0.717, 1.165) is 5.56 Å². The van der Waals surface area contributed by atoms with E-state index in [4.69, 9.17) is 16.3 Å². The maximum Gasteiger partial charge on any atom is 0.243 e. The standard InChI is InChI=1S/C23H28ClN3O4S/c1-26-10-12-27(13-11-26)32(29,30)21-7-3-6-20(17-21)25-22(28)23(8-14-31-15-9-23)18-4-2-5-19(24)16-18/h2-7,16-17H,8-15H2,1H3,(H,25,28). The highest BCUT2D eigenvalue weighted by atomic mass is 35.5. The highest BCUT2D eigenvalue weighted by Gasteiger charge is 2.42. The zero-order valence-corrected chi connectivity index (χ0v) is 19.7. The summed E-state index contributed by atoms with van der Waals surface area (Å²) in [4.78, 5) is 15.8. The molecule has 2 aliphatic rings. The van der Waals surface area contributed by atoms with E-state index in [9.17, 15) is 13.2 Å². The molecule has 2 saturated heterocycles. The molecule has 0 aliphatic carbocycles. The van der Waals surface area contributed by atoms with Crippen molar-refractivity contribution >= 4 is 33.2 Å². The van der Waals surface area contributed by atoms with Gasteiger partial charge in [-0.2, -0.15) is 4.31 Å². The number of rotatable bonds is 5. The summed E-state index contributed by atoms with van der Waals surface area (Å²) in [6.07, 6.45) is 1.05. The van der Waals surface area contributed by atoms with E-state index >= 15 is 0 Å². The Morgan fingerprint density at radius 1 is 1.03 bits per heavy atom. The molecule has 9 heteroatoms. The molecule has 0 unspecified atom stereocenters. The number of nitrogens with one attached hydrogen (secondary N) is 1. The normalized spacial score (nSPS) is 20.1. The van der Waals surface area contributed by atoms with Crippen LogP contribution in [0.15, 0.2) is 53.4 Å². The molecule has 172 valence electrons. The second-order valence-corrected chi connectivity index (χ2v) is 10.8. The van der Waals surface area contributed by atoms with Crippen molar-refractivity contribution < 1.29 is 17.9 Å². The monoisotopic (exact) mass is 477 g/mol. The maximum atomic E-state index is 13.5. The fourth-order valence-electron chi connectivity index (χ4n) is 4.32. The number of nitrogens with zero attached hydrogens (tertiary/aromatic N) is 2. The van der Waals surface area contributed by atoms with Crippen LogP contribution in [0.4, 0.5) is 5.69 Å². The molecule has 1 N–H and O–H groups in total. The van der Waals surface area contributed by atoms with Crippen molar-refractivity contribution in [3.63, 3.8) is 0 Å². The smallest absolute Gasteiger partial charge is 0.243 e. The molecule has 32 heavy (non-hydrogen) atoms. The van der Waals surface area contributed by atoms with E-state index < -0.39 is 15.4 Å².